The third kappa shape index (κ3) is 3.80. The normalized spacial score (nSPS) is 20.3. The first-order valence-electron chi connectivity index (χ1n) is 7.81. The largest absolute Gasteiger partial charge is 0.573 e. The number of hydrogen-bond acceptors (Lipinski definition) is 7. The summed E-state index contributed by atoms with van der Waals surface area (Å²) in [6.07, 6.45) is -4.75. The van der Waals surface area contributed by atoms with Crippen molar-refractivity contribution in [3.8, 4) is 23.3 Å². The van der Waals surface area contributed by atoms with Gasteiger partial charge in [-0.25, -0.2) is 15.8 Å². The Morgan fingerprint density at radius 3 is 2.50 bits per heavy atom. The highest BCUT2D eigenvalue weighted by Crippen LogP contribution is 2.33. The summed E-state index contributed by atoms with van der Waals surface area (Å²) in [5.41, 5.74) is 9.44. The van der Waals surface area contributed by atoms with E-state index in [-0.39, 0.29) is 17.6 Å². The summed E-state index contributed by atoms with van der Waals surface area (Å²) >= 11 is 0. The third-order valence-electron chi connectivity index (χ3n) is 3.76. The first-order valence-corrected chi connectivity index (χ1v) is 7.81. The van der Waals surface area contributed by atoms with Crippen molar-refractivity contribution in [3.63, 3.8) is 0 Å². The molecule has 2 heterocycles. The number of hydrogen-bond donors (Lipinski definition) is 3. The molecule has 3 rings (SSSR count). The van der Waals surface area contributed by atoms with Gasteiger partial charge in [-0.2, -0.15) is 10.8 Å². The lowest BCUT2D eigenvalue weighted by Crippen LogP contribution is -2.32. The topological polar surface area (TPSA) is 95.1 Å². The molecule has 138 valence electrons. The minimum Gasteiger partial charge on any atom is -0.441 e. The second-order valence-electron chi connectivity index (χ2n) is 5.99. The Morgan fingerprint density at radius 1 is 1.23 bits per heavy atom. The van der Waals surface area contributed by atoms with E-state index in [2.05, 4.69) is 32.2 Å². The van der Waals surface area contributed by atoms with Crippen molar-refractivity contribution >= 4 is 0 Å². The van der Waals surface area contributed by atoms with E-state index in [4.69, 9.17) is 4.42 Å². The van der Waals surface area contributed by atoms with Crippen molar-refractivity contribution in [2.75, 3.05) is 0 Å². The van der Waals surface area contributed by atoms with Crippen molar-refractivity contribution in [2.24, 2.45) is 0 Å². The van der Waals surface area contributed by atoms with Crippen molar-refractivity contribution in [1.82, 2.24) is 21.4 Å². The van der Waals surface area contributed by atoms with Crippen LogP contribution >= 0.6 is 0 Å². The van der Waals surface area contributed by atoms with Crippen molar-refractivity contribution in [3.05, 3.63) is 35.7 Å². The van der Waals surface area contributed by atoms with Crippen LogP contribution in [0.4, 0.5) is 13.2 Å². The summed E-state index contributed by atoms with van der Waals surface area (Å²) in [7, 11) is 0. The summed E-state index contributed by atoms with van der Waals surface area (Å²) in [5.74, 6) is 0.528. The fourth-order valence-corrected chi connectivity index (χ4v) is 2.60. The lowest BCUT2D eigenvalue weighted by atomic mass is 10.0. The van der Waals surface area contributed by atoms with Crippen LogP contribution in [-0.4, -0.2) is 17.4 Å². The molecule has 7 nitrogen and oxygen atoms in total. The average molecular weight is 367 g/mol. The predicted molar refractivity (Wildman–Crippen MR) is 84.3 cm³/mol. The Hall–Kier alpha value is -2.61. The van der Waals surface area contributed by atoms with Gasteiger partial charge in [0.25, 0.3) is 0 Å². The highest BCUT2D eigenvalue weighted by molar-refractivity contribution is 5.55. The number of aromatic nitrogens is 1. The van der Waals surface area contributed by atoms with Gasteiger partial charge in [0.2, 0.25) is 5.89 Å². The number of ether oxygens (including phenoxy) is 1. The van der Waals surface area contributed by atoms with Gasteiger partial charge in [-0.3, -0.25) is 0 Å². The molecule has 0 aliphatic carbocycles. The molecule has 10 heteroatoms. The molecule has 0 amide bonds. The number of alkyl halides is 3. The summed E-state index contributed by atoms with van der Waals surface area (Å²) in [4.78, 5) is 4.46. The molecular weight excluding hydrogens is 351 g/mol. The first-order chi connectivity index (χ1) is 12.3. The van der Waals surface area contributed by atoms with Gasteiger partial charge >= 0.3 is 6.36 Å². The van der Waals surface area contributed by atoms with Gasteiger partial charge in [0, 0.05) is 11.5 Å². The predicted octanol–water partition coefficient (Wildman–Crippen LogP) is 2.91. The second-order valence-corrected chi connectivity index (χ2v) is 5.99. The molecule has 1 aliphatic rings. The van der Waals surface area contributed by atoms with E-state index in [1.807, 2.05) is 13.8 Å². The maximum atomic E-state index is 12.3. The number of nitriles is 1. The quantitative estimate of drug-likeness (QED) is 0.765. The maximum Gasteiger partial charge on any atom is 0.573 e. The molecule has 1 aromatic carbocycles. The minimum atomic E-state index is -4.75. The van der Waals surface area contributed by atoms with Crippen LogP contribution in [0, 0.1) is 11.3 Å². The molecule has 0 bridgehead atoms. The Balaban J connectivity index is 1.91. The van der Waals surface area contributed by atoms with Crippen LogP contribution in [0.2, 0.25) is 0 Å². The van der Waals surface area contributed by atoms with E-state index in [9.17, 15) is 18.4 Å². The number of nitrogens with zero attached hydrogens (tertiary/aromatic N) is 2. The monoisotopic (exact) mass is 367 g/mol. The van der Waals surface area contributed by atoms with Crippen LogP contribution in [0.1, 0.15) is 37.3 Å². The standard InChI is InChI=1S/C16H16F3N5O2/c1-8(2)14-13(12-11(7-20)22-24-23-12)21-15(25-14)9-3-5-10(6-4-9)26-16(17,18)19/h3-6,8,11-12,22-24H,1-2H3. The molecule has 0 saturated carbocycles. The zero-order valence-electron chi connectivity index (χ0n) is 13.9. The van der Waals surface area contributed by atoms with Crippen molar-refractivity contribution in [1.29, 1.82) is 5.26 Å². The number of oxazole rings is 1. The molecule has 1 saturated heterocycles. The summed E-state index contributed by atoms with van der Waals surface area (Å²) in [6.45, 7) is 3.84. The summed E-state index contributed by atoms with van der Waals surface area (Å²) < 4.78 is 46.4. The molecule has 3 N–H and O–H groups in total. The lowest BCUT2D eigenvalue weighted by molar-refractivity contribution is -0.274. The SMILES string of the molecule is CC(C)c1oc(-c2ccc(OC(F)(F)F)cc2)nc1C1NNNC1C#N. The number of benzene rings is 1. The van der Waals surface area contributed by atoms with Crippen LogP contribution < -0.4 is 21.1 Å². The Labute approximate surface area is 147 Å². The maximum absolute atomic E-state index is 12.3. The van der Waals surface area contributed by atoms with Crippen LogP contribution in [0.25, 0.3) is 11.5 Å². The van der Waals surface area contributed by atoms with Gasteiger partial charge in [0.05, 0.1) is 12.1 Å². The molecule has 0 radical (unpaired) electrons. The third-order valence-corrected chi connectivity index (χ3v) is 3.76. The van der Waals surface area contributed by atoms with Gasteiger partial charge < -0.3 is 9.15 Å². The van der Waals surface area contributed by atoms with E-state index in [1.165, 1.54) is 24.3 Å². The van der Waals surface area contributed by atoms with Gasteiger partial charge in [-0.1, -0.05) is 13.8 Å². The van der Waals surface area contributed by atoms with Crippen LogP contribution in [0.5, 0.6) is 5.75 Å². The molecule has 2 atom stereocenters. The molecule has 1 fully saturated rings. The molecule has 2 aromatic rings. The van der Waals surface area contributed by atoms with Crippen molar-refractivity contribution < 1.29 is 22.3 Å². The molecule has 26 heavy (non-hydrogen) atoms. The number of hydrazine groups is 2. The van der Waals surface area contributed by atoms with E-state index in [0.717, 1.165) is 0 Å². The highest BCUT2D eigenvalue weighted by atomic mass is 19.4. The van der Waals surface area contributed by atoms with Crippen molar-refractivity contribution in [2.45, 2.75) is 38.2 Å². The van der Waals surface area contributed by atoms with Crippen LogP contribution in [0.15, 0.2) is 28.7 Å². The number of halogens is 3. The van der Waals surface area contributed by atoms with E-state index in [1.54, 1.807) is 0 Å². The van der Waals surface area contributed by atoms with E-state index in [0.29, 0.717) is 17.0 Å². The fourth-order valence-electron chi connectivity index (χ4n) is 2.60. The number of rotatable bonds is 4. The minimum absolute atomic E-state index is 0.000767. The molecule has 0 spiro atoms. The van der Waals surface area contributed by atoms with Crippen LogP contribution in [0.3, 0.4) is 0 Å². The average Bonchev–Trinajstić information content (AvgIpc) is 3.20. The first kappa shape index (κ1) is 18.2. The zero-order valence-corrected chi connectivity index (χ0v) is 13.9. The van der Waals surface area contributed by atoms with Gasteiger partial charge in [0.1, 0.15) is 23.2 Å². The van der Waals surface area contributed by atoms with E-state index < -0.39 is 18.4 Å². The van der Waals surface area contributed by atoms with Gasteiger partial charge in [-0.15, -0.1) is 13.2 Å². The fraction of sp³-hybridized carbons (Fsp3) is 0.375. The molecular formula is C16H16F3N5O2. The van der Waals surface area contributed by atoms with E-state index >= 15 is 0 Å². The number of nitrogens with one attached hydrogen (secondary N) is 3. The highest BCUT2D eigenvalue weighted by Gasteiger charge is 2.34. The van der Waals surface area contributed by atoms with Crippen LogP contribution in [-0.2, 0) is 0 Å². The smallest absolute Gasteiger partial charge is 0.441 e. The molecule has 1 aromatic heterocycles. The summed E-state index contributed by atoms with van der Waals surface area (Å²) in [6, 6.07) is 6.39. The Morgan fingerprint density at radius 2 is 1.92 bits per heavy atom. The summed E-state index contributed by atoms with van der Waals surface area (Å²) in [5, 5.41) is 9.22. The molecule has 2 unspecified atom stereocenters. The Bertz CT molecular complexity index is 811. The molecule has 1 aliphatic heterocycles. The van der Waals surface area contributed by atoms with Gasteiger partial charge in [-0.05, 0) is 24.3 Å². The van der Waals surface area contributed by atoms with Gasteiger partial charge in [0.15, 0.2) is 0 Å². The zero-order chi connectivity index (χ0) is 18.9. The Kier molecular flexibility index (Phi) is 4.86. The second kappa shape index (κ2) is 6.95. The lowest BCUT2D eigenvalue weighted by Gasteiger charge is -2.11.